The summed E-state index contributed by atoms with van der Waals surface area (Å²) >= 11 is 0. The maximum absolute atomic E-state index is 12.3. The number of piperazine rings is 1. The minimum atomic E-state index is -3.07. The lowest BCUT2D eigenvalue weighted by Crippen LogP contribution is -2.48. The van der Waals surface area contributed by atoms with E-state index < -0.39 is 10.0 Å². The molecule has 2 rings (SSSR count). The highest BCUT2D eigenvalue weighted by molar-refractivity contribution is 7.89. The van der Waals surface area contributed by atoms with Crippen LogP contribution in [0.25, 0.3) is 0 Å². The van der Waals surface area contributed by atoms with E-state index in [1.807, 2.05) is 0 Å². The van der Waals surface area contributed by atoms with E-state index in [-0.39, 0.29) is 5.75 Å². The molecule has 5 heteroatoms. The monoisotopic (exact) mass is 324 g/mol. The second-order valence-corrected chi connectivity index (χ2v) is 8.75. The minimum Gasteiger partial charge on any atom is -0.296 e. The van der Waals surface area contributed by atoms with Gasteiger partial charge in [-0.1, -0.05) is 43.7 Å². The van der Waals surface area contributed by atoms with E-state index in [0.29, 0.717) is 19.0 Å². The first-order valence-corrected chi connectivity index (χ1v) is 9.73. The summed E-state index contributed by atoms with van der Waals surface area (Å²) in [6, 6.07) is 8.52. The Bertz CT molecular complexity index is 576. The number of hydrogen-bond acceptors (Lipinski definition) is 3. The smallest absolute Gasteiger partial charge is 0.214 e. The van der Waals surface area contributed by atoms with Crippen molar-refractivity contribution in [3.8, 4) is 0 Å². The first kappa shape index (κ1) is 17.4. The first-order chi connectivity index (χ1) is 10.4. The highest BCUT2D eigenvalue weighted by atomic mass is 32.2. The molecule has 0 radical (unpaired) electrons. The maximum atomic E-state index is 12.3. The Hall–Kier alpha value is -0.910. The van der Waals surface area contributed by atoms with Gasteiger partial charge in [0, 0.05) is 32.7 Å². The fourth-order valence-corrected chi connectivity index (χ4v) is 4.50. The predicted molar refractivity (Wildman–Crippen MR) is 91.3 cm³/mol. The number of aryl methyl sites for hydroxylation is 1. The van der Waals surface area contributed by atoms with Crippen molar-refractivity contribution in [3.63, 3.8) is 0 Å². The molecule has 0 N–H and O–H groups in total. The lowest BCUT2D eigenvalue weighted by molar-refractivity contribution is 0.181. The van der Waals surface area contributed by atoms with Gasteiger partial charge in [0.2, 0.25) is 10.0 Å². The average Bonchev–Trinajstić information content (AvgIpc) is 2.46. The van der Waals surface area contributed by atoms with Crippen LogP contribution in [0.2, 0.25) is 0 Å². The molecule has 0 spiro atoms. The van der Waals surface area contributed by atoms with Gasteiger partial charge < -0.3 is 0 Å². The minimum absolute atomic E-state index is 0.280. The molecule has 1 aliphatic rings. The summed E-state index contributed by atoms with van der Waals surface area (Å²) in [6.45, 7) is 10.00. The van der Waals surface area contributed by atoms with Crippen LogP contribution in [0.5, 0.6) is 0 Å². The first-order valence-electron chi connectivity index (χ1n) is 8.12. The van der Waals surface area contributed by atoms with Gasteiger partial charge in [-0.05, 0) is 24.8 Å². The lowest BCUT2D eigenvalue weighted by Gasteiger charge is -2.34. The summed E-state index contributed by atoms with van der Waals surface area (Å²) in [6.07, 6.45) is 0.742. The van der Waals surface area contributed by atoms with E-state index in [4.69, 9.17) is 0 Å². The summed E-state index contributed by atoms with van der Waals surface area (Å²) in [7, 11) is -3.07. The molecule has 0 unspecified atom stereocenters. The second kappa shape index (κ2) is 7.57. The molecule has 0 aromatic heterocycles. The van der Waals surface area contributed by atoms with Crippen molar-refractivity contribution in [3.05, 3.63) is 35.4 Å². The van der Waals surface area contributed by atoms with Crippen LogP contribution in [0.4, 0.5) is 0 Å². The molecule has 1 aromatic rings. The summed E-state index contributed by atoms with van der Waals surface area (Å²) in [5.41, 5.74) is 2.57. The third kappa shape index (κ3) is 5.07. The van der Waals surface area contributed by atoms with Crippen LogP contribution in [0.3, 0.4) is 0 Å². The Morgan fingerprint density at radius 3 is 2.41 bits per heavy atom. The van der Waals surface area contributed by atoms with Crippen LogP contribution >= 0.6 is 0 Å². The summed E-state index contributed by atoms with van der Waals surface area (Å²) in [4.78, 5) is 2.34. The van der Waals surface area contributed by atoms with Gasteiger partial charge in [-0.15, -0.1) is 0 Å². The fraction of sp³-hybridized carbons (Fsp3) is 0.647. The molecule has 1 aromatic carbocycles. The number of sulfonamides is 1. The molecule has 4 nitrogen and oxygen atoms in total. The van der Waals surface area contributed by atoms with Crippen molar-refractivity contribution in [2.75, 3.05) is 31.9 Å². The Morgan fingerprint density at radius 2 is 1.82 bits per heavy atom. The zero-order valence-corrected chi connectivity index (χ0v) is 14.8. The average molecular weight is 324 g/mol. The lowest BCUT2D eigenvalue weighted by atomic mass is 10.1. The molecule has 1 aliphatic heterocycles. The zero-order chi connectivity index (χ0) is 16.2. The quantitative estimate of drug-likeness (QED) is 0.807. The standard InChI is InChI=1S/C17H28N2O2S/c1-15(2)7-12-22(20,21)19-10-8-18(9-11-19)14-17-6-4-5-16(3)13-17/h4-6,13,15H,7-12,14H2,1-3H3. The van der Waals surface area contributed by atoms with Crippen LogP contribution < -0.4 is 0 Å². The summed E-state index contributed by atoms with van der Waals surface area (Å²) in [5.74, 6) is 0.708. The zero-order valence-electron chi connectivity index (χ0n) is 14.0. The molecule has 124 valence electrons. The van der Waals surface area contributed by atoms with E-state index in [1.165, 1.54) is 11.1 Å². The van der Waals surface area contributed by atoms with Gasteiger partial charge in [-0.3, -0.25) is 4.90 Å². The Kier molecular flexibility index (Phi) is 6.01. The van der Waals surface area contributed by atoms with E-state index in [0.717, 1.165) is 26.1 Å². The number of benzene rings is 1. The maximum Gasteiger partial charge on any atom is 0.214 e. The Morgan fingerprint density at radius 1 is 1.14 bits per heavy atom. The van der Waals surface area contributed by atoms with E-state index in [2.05, 4.69) is 49.9 Å². The van der Waals surface area contributed by atoms with Gasteiger partial charge in [-0.2, -0.15) is 4.31 Å². The van der Waals surface area contributed by atoms with Gasteiger partial charge in [0.1, 0.15) is 0 Å². The topological polar surface area (TPSA) is 40.6 Å². The van der Waals surface area contributed by atoms with Gasteiger partial charge >= 0.3 is 0 Å². The number of rotatable bonds is 6. The van der Waals surface area contributed by atoms with Crippen molar-refractivity contribution in [2.45, 2.75) is 33.7 Å². The van der Waals surface area contributed by atoms with Crippen LogP contribution in [-0.2, 0) is 16.6 Å². The van der Waals surface area contributed by atoms with Crippen LogP contribution in [0, 0.1) is 12.8 Å². The molecule has 1 heterocycles. The van der Waals surface area contributed by atoms with Crippen molar-refractivity contribution in [1.82, 2.24) is 9.21 Å². The molecular weight excluding hydrogens is 296 g/mol. The van der Waals surface area contributed by atoms with Crippen LogP contribution in [0.15, 0.2) is 24.3 Å². The van der Waals surface area contributed by atoms with Gasteiger partial charge in [0.15, 0.2) is 0 Å². The van der Waals surface area contributed by atoms with Gasteiger partial charge in [0.25, 0.3) is 0 Å². The molecule has 0 saturated carbocycles. The molecule has 22 heavy (non-hydrogen) atoms. The Labute approximate surface area is 135 Å². The molecule has 0 aliphatic carbocycles. The molecule has 0 bridgehead atoms. The highest BCUT2D eigenvalue weighted by Crippen LogP contribution is 2.14. The van der Waals surface area contributed by atoms with E-state index >= 15 is 0 Å². The second-order valence-electron chi connectivity index (χ2n) is 6.66. The predicted octanol–water partition coefficient (Wildman–Crippen LogP) is 2.49. The van der Waals surface area contributed by atoms with Crippen molar-refractivity contribution < 1.29 is 8.42 Å². The molecule has 0 atom stereocenters. The summed E-state index contributed by atoms with van der Waals surface area (Å²) in [5, 5.41) is 0. The SMILES string of the molecule is Cc1cccc(CN2CCN(S(=O)(=O)CCC(C)C)CC2)c1. The molecule has 1 saturated heterocycles. The number of nitrogens with zero attached hydrogens (tertiary/aromatic N) is 2. The summed E-state index contributed by atoms with van der Waals surface area (Å²) < 4.78 is 26.3. The largest absolute Gasteiger partial charge is 0.296 e. The molecule has 1 fully saturated rings. The normalized spacial score (nSPS) is 18.0. The molecular formula is C17H28N2O2S. The molecule has 0 amide bonds. The van der Waals surface area contributed by atoms with Crippen LogP contribution in [0.1, 0.15) is 31.4 Å². The van der Waals surface area contributed by atoms with Gasteiger partial charge in [-0.25, -0.2) is 8.42 Å². The van der Waals surface area contributed by atoms with Crippen molar-refractivity contribution in [2.24, 2.45) is 5.92 Å². The van der Waals surface area contributed by atoms with E-state index in [1.54, 1.807) is 4.31 Å². The van der Waals surface area contributed by atoms with E-state index in [9.17, 15) is 8.42 Å². The third-order valence-electron chi connectivity index (χ3n) is 4.17. The fourth-order valence-electron chi connectivity index (χ4n) is 2.75. The van der Waals surface area contributed by atoms with Gasteiger partial charge in [0.05, 0.1) is 5.75 Å². The highest BCUT2D eigenvalue weighted by Gasteiger charge is 2.26. The van der Waals surface area contributed by atoms with Crippen molar-refractivity contribution >= 4 is 10.0 Å². The van der Waals surface area contributed by atoms with Crippen molar-refractivity contribution in [1.29, 1.82) is 0 Å². The van der Waals surface area contributed by atoms with Crippen LogP contribution in [-0.4, -0.2) is 49.6 Å². The third-order valence-corrected chi connectivity index (χ3v) is 6.07. The Balaban J connectivity index is 1.85. The number of hydrogen-bond donors (Lipinski definition) is 0.